The van der Waals surface area contributed by atoms with Gasteiger partial charge in [0.2, 0.25) is 0 Å². The van der Waals surface area contributed by atoms with E-state index < -0.39 is 11.7 Å². The Morgan fingerprint density at radius 2 is 1.84 bits per heavy atom. The molecule has 3 aromatic heterocycles. The number of nitrogens with zero attached hydrogens (tertiary/aromatic N) is 4. The Morgan fingerprint density at radius 1 is 1.00 bits per heavy atom. The molecule has 0 amide bonds. The molecule has 5 aromatic rings. The summed E-state index contributed by atoms with van der Waals surface area (Å²) < 4.78 is 44.2. The van der Waals surface area contributed by atoms with Gasteiger partial charge in [-0.1, -0.05) is 30.2 Å². The van der Waals surface area contributed by atoms with Crippen molar-refractivity contribution in [2.24, 2.45) is 0 Å². The molecule has 184 valence electrons. The number of aryl methyl sites for hydroxylation is 1. The third-order valence-electron chi connectivity index (χ3n) is 5.97. The molecular weight excluding hydrogens is 477 g/mol. The highest BCUT2D eigenvalue weighted by Crippen LogP contribution is 2.31. The Labute approximate surface area is 211 Å². The Balaban J connectivity index is 1.42. The van der Waals surface area contributed by atoms with Crippen molar-refractivity contribution in [2.45, 2.75) is 26.1 Å². The first-order chi connectivity index (χ1) is 17.8. The quantitative estimate of drug-likeness (QED) is 0.230. The lowest BCUT2D eigenvalue weighted by molar-refractivity contribution is -0.137. The smallest absolute Gasteiger partial charge is 0.333 e. The molecule has 2 aromatic carbocycles. The van der Waals surface area contributed by atoms with E-state index in [-0.39, 0.29) is 18.7 Å². The number of alkyl halides is 3. The van der Waals surface area contributed by atoms with Gasteiger partial charge >= 0.3 is 6.18 Å². The molecule has 0 aliphatic carbocycles. The molecule has 37 heavy (non-hydrogen) atoms. The molecule has 0 N–H and O–H groups in total. The fourth-order valence-corrected chi connectivity index (χ4v) is 4.08. The van der Waals surface area contributed by atoms with Gasteiger partial charge in [-0.15, -0.1) is 0 Å². The number of halogens is 3. The number of rotatable bonds is 5. The fourth-order valence-electron chi connectivity index (χ4n) is 4.08. The normalized spacial score (nSPS) is 11.4. The predicted octanol–water partition coefficient (Wildman–Crippen LogP) is 5.73. The Kier molecular flexibility index (Phi) is 6.36. The van der Waals surface area contributed by atoms with Gasteiger partial charge in [0.25, 0.3) is 0 Å². The molecule has 0 fully saturated rings. The van der Waals surface area contributed by atoms with Crippen molar-refractivity contribution >= 4 is 11.4 Å². The van der Waals surface area contributed by atoms with Gasteiger partial charge in [0, 0.05) is 42.7 Å². The summed E-state index contributed by atoms with van der Waals surface area (Å²) in [7, 11) is 0. The Bertz CT molecular complexity index is 1650. The molecule has 0 atom stereocenters. The standard InChI is InChI=1S/C29H21F3N4O/c1-20-5-6-24(16-23(20)7-8-26-17-34-28-4-2-3-10-36(26)28)27(37)15-21-12-22(18-35-11-9-33-19-35)14-25(13-21)29(30,31)32/h2-6,9-14,16-17,19H,15,18H2,1H3. The number of benzene rings is 2. The van der Waals surface area contributed by atoms with Gasteiger partial charge in [-0.25, -0.2) is 9.97 Å². The van der Waals surface area contributed by atoms with Gasteiger partial charge in [-0.05, 0) is 59.9 Å². The zero-order valence-corrected chi connectivity index (χ0v) is 19.8. The van der Waals surface area contributed by atoms with Gasteiger partial charge < -0.3 is 4.57 Å². The average molecular weight is 499 g/mol. The number of hydrogen-bond donors (Lipinski definition) is 0. The van der Waals surface area contributed by atoms with Crippen LogP contribution in [0.5, 0.6) is 0 Å². The Morgan fingerprint density at radius 3 is 2.62 bits per heavy atom. The molecule has 0 unspecified atom stereocenters. The molecule has 0 aliphatic rings. The van der Waals surface area contributed by atoms with E-state index in [1.54, 1.807) is 47.4 Å². The topological polar surface area (TPSA) is 52.2 Å². The van der Waals surface area contributed by atoms with E-state index in [4.69, 9.17) is 0 Å². The van der Waals surface area contributed by atoms with Gasteiger partial charge in [0.15, 0.2) is 5.78 Å². The van der Waals surface area contributed by atoms with E-state index in [9.17, 15) is 18.0 Å². The highest BCUT2D eigenvalue weighted by atomic mass is 19.4. The maximum Gasteiger partial charge on any atom is 0.416 e. The maximum atomic E-state index is 13.6. The fraction of sp³-hybridized carbons (Fsp3) is 0.138. The lowest BCUT2D eigenvalue weighted by atomic mass is 9.96. The summed E-state index contributed by atoms with van der Waals surface area (Å²) in [5.74, 6) is 5.92. The number of hydrogen-bond acceptors (Lipinski definition) is 3. The van der Waals surface area contributed by atoms with Crippen LogP contribution >= 0.6 is 0 Å². The number of aromatic nitrogens is 4. The van der Waals surface area contributed by atoms with E-state index in [2.05, 4.69) is 21.8 Å². The van der Waals surface area contributed by atoms with E-state index in [0.717, 1.165) is 23.3 Å². The van der Waals surface area contributed by atoms with Crippen molar-refractivity contribution in [3.63, 3.8) is 0 Å². The third kappa shape index (κ3) is 5.46. The lowest BCUT2D eigenvalue weighted by Gasteiger charge is -2.13. The summed E-state index contributed by atoms with van der Waals surface area (Å²) in [6.45, 7) is 2.11. The number of pyridine rings is 1. The predicted molar refractivity (Wildman–Crippen MR) is 133 cm³/mol. The molecule has 0 bridgehead atoms. The number of carbonyl (C=O) groups excluding carboxylic acids is 1. The summed E-state index contributed by atoms with van der Waals surface area (Å²) in [6, 6.07) is 14.6. The monoisotopic (exact) mass is 498 g/mol. The first kappa shape index (κ1) is 24.1. The molecule has 0 saturated carbocycles. The molecule has 8 heteroatoms. The van der Waals surface area contributed by atoms with E-state index in [1.165, 1.54) is 6.33 Å². The molecule has 5 nitrogen and oxygen atoms in total. The van der Waals surface area contributed by atoms with Crippen LogP contribution < -0.4 is 0 Å². The molecule has 5 rings (SSSR count). The average Bonchev–Trinajstić information content (AvgIpc) is 3.53. The zero-order chi connectivity index (χ0) is 26.0. The van der Waals surface area contributed by atoms with Crippen LogP contribution in [0.4, 0.5) is 13.2 Å². The van der Waals surface area contributed by atoms with Crippen LogP contribution in [-0.4, -0.2) is 24.7 Å². The highest BCUT2D eigenvalue weighted by Gasteiger charge is 2.31. The number of Topliss-reactive ketones (excluding diaryl/α,β-unsaturated/α-hetero) is 1. The molecular formula is C29H21F3N4O. The van der Waals surface area contributed by atoms with Gasteiger partial charge in [-0.2, -0.15) is 13.2 Å². The minimum absolute atomic E-state index is 0.163. The molecule has 0 spiro atoms. The van der Waals surface area contributed by atoms with Crippen LogP contribution in [0.2, 0.25) is 0 Å². The van der Waals surface area contributed by atoms with Crippen molar-refractivity contribution < 1.29 is 18.0 Å². The van der Waals surface area contributed by atoms with Crippen molar-refractivity contribution in [3.8, 4) is 11.8 Å². The molecule has 3 heterocycles. The second kappa shape index (κ2) is 9.78. The minimum atomic E-state index is -4.52. The van der Waals surface area contributed by atoms with Crippen molar-refractivity contribution in [3.05, 3.63) is 125 Å². The summed E-state index contributed by atoms with van der Waals surface area (Å²) in [6.07, 6.45) is 3.64. The lowest BCUT2D eigenvalue weighted by Crippen LogP contribution is -2.10. The Hall–Kier alpha value is -4.64. The second-order valence-corrected chi connectivity index (χ2v) is 8.72. The van der Waals surface area contributed by atoms with Crippen LogP contribution in [0.1, 0.15) is 43.9 Å². The number of fused-ring (bicyclic) bond motifs is 1. The van der Waals surface area contributed by atoms with Crippen molar-refractivity contribution in [1.29, 1.82) is 0 Å². The van der Waals surface area contributed by atoms with Crippen molar-refractivity contribution in [1.82, 2.24) is 18.9 Å². The van der Waals surface area contributed by atoms with Crippen LogP contribution in [0.3, 0.4) is 0 Å². The van der Waals surface area contributed by atoms with E-state index >= 15 is 0 Å². The van der Waals surface area contributed by atoms with E-state index in [1.807, 2.05) is 35.7 Å². The van der Waals surface area contributed by atoms with E-state index in [0.29, 0.717) is 27.9 Å². The second-order valence-electron chi connectivity index (χ2n) is 8.72. The molecule has 0 saturated heterocycles. The highest BCUT2D eigenvalue weighted by molar-refractivity contribution is 5.98. The molecule has 0 radical (unpaired) electrons. The van der Waals surface area contributed by atoms with Crippen LogP contribution in [0, 0.1) is 18.8 Å². The number of imidazole rings is 2. The summed E-state index contributed by atoms with van der Waals surface area (Å²) >= 11 is 0. The summed E-state index contributed by atoms with van der Waals surface area (Å²) in [4.78, 5) is 21.4. The van der Waals surface area contributed by atoms with Crippen LogP contribution in [0.25, 0.3) is 5.65 Å². The first-order valence-corrected chi connectivity index (χ1v) is 11.5. The zero-order valence-electron chi connectivity index (χ0n) is 19.8. The van der Waals surface area contributed by atoms with Crippen LogP contribution in [0.15, 0.2) is 85.7 Å². The largest absolute Gasteiger partial charge is 0.416 e. The first-order valence-electron chi connectivity index (χ1n) is 11.5. The van der Waals surface area contributed by atoms with Gasteiger partial charge in [-0.3, -0.25) is 9.20 Å². The number of ketones is 1. The van der Waals surface area contributed by atoms with Crippen LogP contribution in [-0.2, 0) is 19.1 Å². The molecule has 0 aliphatic heterocycles. The van der Waals surface area contributed by atoms with Gasteiger partial charge in [0.1, 0.15) is 11.3 Å². The number of carbonyl (C=O) groups is 1. The SMILES string of the molecule is Cc1ccc(C(=O)Cc2cc(Cn3ccnc3)cc(C(F)(F)F)c2)cc1C#Cc1cnc2ccccn12. The maximum absolute atomic E-state index is 13.6. The summed E-state index contributed by atoms with van der Waals surface area (Å²) in [5, 5.41) is 0. The minimum Gasteiger partial charge on any atom is -0.333 e. The summed E-state index contributed by atoms with van der Waals surface area (Å²) in [5.41, 5.74) is 3.40. The van der Waals surface area contributed by atoms with Crippen molar-refractivity contribution in [2.75, 3.05) is 0 Å². The third-order valence-corrected chi connectivity index (χ3v) is 5.97. The van der Waals surface area contributed by atoms with Gasteiger partial charge in [0.05, 0.1) is 18.1 Å².